The molecule has 0 aliphatic carbocycles. The fourth-order valence-corrected chi connectivity index (χ4v) is 4.11. The third-order valence-electron chi connectivity index (χ3n) is 3.13. The first-order valence-corrected chi connectivity index (χ1v) is 9.37. The first-order valence-electron chi connectivity index (χ1n) is 6.19. The van der Waals surface area contributed by atoms with Gasteiger partial charge >= 0.3 is 0 Å². The zero-order chi connectivity index (χ0) is 15.2. The predicted octanol–water partition coefficient (Wildman–Crippen LogP) is 2.92. The van der Waals surface area contributed by atoms with Crippen LogP contribution in [0.15, 0.2) is 28.5 Å². The van der Waals surface area contributed by atoms with E-state index in [1.165, 1.54) is 6.26 Å². The summed E-state index contributed by atoms with van der Waals surface area (Å²) in [5, 5.41) is 2.92. The average Bonchev–Trinajstić information content (AvgIpc) is 2.93. The summed E-state index contributed by atoms with van der Waals surface area (Å²) in [5.74, 6) is 0. The number of aromatic amines is 1. The second-order valence-corrected chi connectivity index (χ2v) is 8.13. The van der Waals surface area contributed by atoms with Gasteiger partial charge in [0, 0.05) is 17.3 Å². The number of nitrogens with one attached hydrogen (secondary N) is 1. The van der Waals surface area contributed by atoms with E-state index in [-0.39, 0.29) is 4.90 Å². The molecular weight excluding hydrogens is 326 g/mol. The van der Waals surface area contributed by atoms with Crippen LogP contribution in [0.4, 0.5) is 0 Å². The smallest absolute Gasteiger partial charge is 0.178 e. The van der Waals surface area contributed by atoms with E-state index in [0.717, 1.165) is 16.2 Å². The average molecular weight is 339 g/mol. The lowest BCUT2D eigenvalue weighted by Crippen LogP contribution is -2.00. The van der Waals surface area contributed by atoms with E-state index < -0.39 is 9.84 Å². The molecule has 0 saturated heterocycles. The lowest BCUT2D eigenvalue weighted by Gasteiger charge is -2.03. The van der Waals surface area contributed by atoms with Crippen molar-refractivity contribution in [1.29, 1.82) is 0 Å². The van der Waals surface area contributed by atoms with Crippen molar-refractivity contribution in [3.63, 3.8) is 0 Å². The maximum atomic E-state index is 11.9. The molecule has 0 aliphatic heterocycles. The number of thiazole rings is 1. The molecule has 21 heavy (non-hydrogen) atoms. The molecule has 0 unspecified atom stereocenters. The van der Waals surface area contributed by atoms with Crippen molar-refractivity contribution in [2.45, 2.75) is 18.4 Å². The normalized spacial score (nSPS) is 12.1. The first kappa shape index (κ1) is 14.4. The van der Waals surface area contributed by atoms with Gasteiger partial charge in [0.15, 0.2) is 14.6 Å². The van der Waals surface area contributed by atoms with E-state index in [1.807, 2.05) is 22.9 Å². The van der Waals surface area contributed by atoms with Gasteiger partial charge in [0.1, 0.15) is 5.01 Å². The lowest BCUT2D eigenvalue weighted by atomic mass is 10.3. The quantitative estimate of drug-likeness (QED) is 0.745. The number of hydrogen-bond acceptors (Lipinski definition) is 5. The number of para-hydroxylation sites is 1. The molecule has 0 radical (unpaired) electrons. The van der Waals surface area contributed by atoms with Gasteiger partial charge < -0.3 is 9.55 Å². The third kappa shape index (κ3) is 2.66. The highest BCUT2D eigenvalue weighted by atomic mass is 32.2. The van der Waals surface area contributed by atoms with Crippen LogP contribution in [0.5, 0.6) is 0 Å². The number of rotatable bonds is 3. The SMILES string of the molecule is Cc1csc(Cn2c(=S)[nH]c3c(S(C)(=O)=O)cccc32)n1. The Hall–Kier alpha value is -1.51. The molecule has 0 spiro atoms. The Morgan fingerprint density at radius 1 is 1.43 bits per heavy atom. The number of aromatic nitrogens is 3. The fraction of sp³-hybridized carbons (Fsp3) is 0.231. The van der Waals surface area contributed by atoms with Crippen LogP contribution in [0.1, 0.15) is 10.7 Å². The monoisotopic (exact) mass is 339 g/mol. The van der Waals surface area contributed by atoms with Gasteiger partial charge in [-0.3, -0.25) is 0 Å². The Bertz CT molecular complexity index is 980. The Morgan fingerprint density at radius 3 is 2.81 bits per heavy atom. The molecule has 0 bridgehead atoms. The largest absolute Gasteiger partial charge is 0.329 e. The van der Waals surface area contributed by atoms with Crippen molar-refractivity contribution in [3.05, 3.63) is 39.1 Å². The van der Waals surface area contributed by atoms with Gasteiger partial charge in [-0.25, -0.2) is 13.4 Å². The van der Waals surface area contributed by atoms with Gasteiger partial charge in [0.2, 0.25) is 0 Å². The molecular formula is C13H13N3O2S3. The van der Waals surface area contributed by atoms with E-state index in [2.05, 4.69) is 9.97 Å². The molecule has 2 aromatic heterocycles. The molecule has 1 aromatic carbocycles. The maximum absolute atomic E-state index is 11.9. The number of benzene rings is 1. The molecule has 110 valence electrons. The minimum absolute atomic E-state index is 0.264. The van der Waals surface area contributed by atoms with Crippen LogP contribution in [0.2, 0.25) is 0 Å². The summed E-state index contributed by atoms with van der Waals surface area (Å²) in [6.07, 6.45) is 1.19. The molecule has 5 nitrogen and oxygen atoms in total. The van der Waals surface area contributed by atoms with Crippen LogP contribution in [-0.4, -0.2) is 29.2 Å². The number of sulfone groups is 1. The van der Waals surface area contributed by atoms with Crippen molar-refractivity contribution in [2.24, 2.45) is 0 Å². The zero-order valence-electron chi connectivity index (χ0n) is 11.5. The highest BCUT2D eigenvalue weighted by Gasteiger charge is 2.16. The third-order valence-corrected chi connectivity index (χ3v) is 5.54. The van der Waals surface area contributed by atoms with E-state index >= 15 is 0 Å². The van der Waals surface area contributed by atoms with Crippen molar-refractivity contribution in [2.75, 3.05) is 6.26 Å². The summed E-state index contributed by atoms with van der Waals surface area (Å²) >= 11 is 6.90. The number of aryl methyl sites for hydroxylation is 1. The molecule has 1 N–H and O–H groups in total. The van der Waals surface area contributed by atoms with Crippen molar-refractivity contribution >= 4 is 44.4 Å². The summed E-state index contributed by atoms with van der Waals surface area (Å²) in [7, 11) is -3.31. The van der Waals surface area contributed by atoms with Crippen LogP contribution in [0.3, 0.4) is 0 Å². The molecule has 0 atom stereocenters. The van der Waals surface area contributed by atoms with Crippen molar-refractivity contribution in [3.8, 4) is 0 Å². The van der Waals surface area contributed by atoms with E-state index in [0.29, 0.717) is 16.8 Å². The Balaban J connectivity index is 2.21. The van der Waals surface area contributed by atoms with Crippen LogP contribution in [0, 0.1) is 11.7 Å². The van der Waals surface area contributed by atoms with Crippen molar-refractivity contribution in [1.82, 2.24) is 14.5 Å². The number of fused-ring (bicyclic) bond motifs is 1. The Labute approximate surface area is 131 Å². The summed E-state index contributed by atoms with van der Waals surface area (Å²) in [5.41, 5.74) is 2.30. The Kier molecular flexibility index (Phi) is 3.46. The maximum Gasteiger partial charge on any atom is 0.178 e. The van der Waals surface area contributed by atoms with Gasteiger partial charge in [-0.1, -0.05) is 6.07 Å². The van der Waals surface area contributed by atoms with Crippen LogP contribution in [0.25, 0.3) is 11.0 Å². The van der Waals surface area contributed by atoms with Gasteiger partial charge in [0.05, 0.1) is 22.5 Å². The molecule has 3 aromatic rings. The minimum atomic E-state index is -3.31. The molecule has 0 amide bonds. The predicted molar refractivity (Wildman–Crippen MR) is 86.2 cm³/mol. The summed E-state index contributed by atoms with van der Waals surface area (Å²) in [6.45, 7) is 2.47. The second kappa shape index (κ2) is 5.04. The molecule has 8 heteroatoms. The van der Waals surface area contributed by atoms with Crippen LogP contribution in [-0.2, 0) is 16.4 Å². The van der Waals surface area contributed by atoms with Crippen LogP contribution >= 0.6 is 23.6 Å². The molecule has 0 fully saturated rings. The summed E-state index contributed by atoms with van der Waals surface area (Å²) in [6, 6.07) is 5.17. The van der Waals surface area contributed by atoms with Gasteiger partial charge in [-0.15, -0.1) is 11.3 Å². The second-order valence-electron chi connectivity index (χ2n) is 4.82. The standard InChI is InChI=1S/C13H13N3O2S3/c1-8-7-20-11(14-8)6-16-9-4-3-5-10(21(2,17)18)12(9)15-13(16)19/h3-5,7H,6H2,1-2H3,(H,15,19). The number of nitrogens with zero attached hydrogens (tertiary/aromatic N) is 2. The molecule has 0 saturated carbocycles. The number of imidazole rings is 1. The Morgan fingerprint density at radius 2 is 2.19 bits per heavy atom. The highest BCUT2D eigenvalue weighted by Crippen LogP contribution is 2.23. The molecule has 0 aliphatic rings. The van der Waals surface area contributed by atoms with Gasteiger partial charge in [0.25, 0.3) is 0 Å². The minimum Gasteiger partial charge on any atom is -0.329 e. The van der Waals surface area contributed by atoms with E-state index in [1.54, 1.807) is 23.5 Å². The zero-order valence-corrected chi connectivity index (χ0v) is 13.9. The van der Waals surface area contributed by atoms with Gasteiger partial charge in [-0.2, -0.15) is 0 Å². The molecule has 3 rings (SSSR count). The lowest BCUT2D eigenvalue weighted by molar-refractivity contribution is 0.602. The highest BCUT2D eigenvalue weighted by molar-refractivity contribution is 7.91. The van der Waals surface area contributed by atoms with Crippen molar-refractivity contribution < 1.29 is 8.42 Å². The fourth-order valence-electron chi connectivity index (χ4n) is 2.23. The molecule has 2 heterocycles. The first-order chi connectivity index (χ1) is 9.86. The number of hydrogen-bond donors (Lipinski definition) is 1. The topological polar surface area (TPSA) is 67.8 Å². The van der Waals surface area contributed by atoms with E-state index in [4.69, 9.17) is 12.2 Å². The number of H-pyrrole nitrogens is 1. The summed E-state index contributed by atoms with van der Waals surface area (Å²) < 4.78 is 26.1. The van der Waals surface area contributed by atoms with Crippen LogP contribution < -0.4 is 0 Å². The van der Waals surface area contributed by atoms with E-state index in [9.17, 15) is 8.42 Å². The summed E-state index contributed by atoms with van der Waals surface area (Å²) in [4.78, 5) is 7.69. The van der Waals surface area contributed by atoms with Gasteiger partial charge in [-0.05, 0) is 31.3 Å².